The van der Waals surface area contributed by atoms with Gasteiger partial charge in [0.1, 0.15) is 6.61 Å². The summed E-state index contributed by atoms with van der Waals surface area (Å²) < 4.78 is 10.6. The van der Waals surface area contributed by atoms with E-state index in [2.05, 4.69) is 17.2 Å². The van der Waals surface area contributed by atoms with Gasteiger partial charge in [0.2, 0.25) is 0 Å². The molecule has 0 saturated heterocycles. The van der Waals surface area contributed by atoms with Crippen molar-refractivity contribution < 1.29 is 14.3 Å². The Hall–Kier alpha value is -1.72. The second-order valence-corrected chi connectivity index (χ2v) is 3.82. The fourth-order valence-electron chi connectivity index (χ4n) is 1.48. The Kier molecular flexibility index (Phi) is 9.24. The summed E-state index contributed by atoms with van der Waals surface area (Å²) in [5.74, 6) is 0.987. The van der Waals surface area contributed by atoms with E-state index in [1.54, 1.807) is 31.4 Å². The third-order valence-electron chi connectivity index (χ3n) is 2.44. The minimum atomic E-state index is -0.135. The van der Waals surface area contributed by atoms with E-state index in [1.807, 2.05) is 7.05 Å². The molecule has 0 saturated carbocycles. The predicted molar refractivity (Wildman–Crippen MR) is 82.2 cm³/mol. The van der Waals surface area contributed by atoms with Crippen molar-refractivity contribution in [3.05, 3.63) is 36.4 Å². The molecule has 112 valence electrons. The van der Waals surface area contributed by atoms with Crippen LogP contribution in [0.4, 0.5) is 0 Å². The fourth-order valence-corrected chi connectivity index (χ4v) is 1.48. The molecule has 20 heavy (non-hydrogen) atoms. The van der Waals surface area contributed by atoms with Crippen LogP contribution in [-0.4, -0.2) is 39.8 Å². The van der Waals surface area contributed by atoms with Crippen LogP contribution in [0.25, 0.3) is 0 Å². The number of nitrogens with one attached hydrogen (secondary N) is 2. The maximum absolute atomic E-state index is 11.9. The zero-order valence-electron chi connectivity index (χ0n) is 11.8. The second-order valence-electron chi connectivity index (χ2n) is 3.82. The number of ether oxygens (including phenoxy) is 2. The van der Waals surface area contributed by atoms with Gasteiger partial charge in [-0.15, -0.1) is 12.4 Å². The number of rotatable bonds is 8. The van der Waals surface area contributed by atoms with Gasteiger partial charge in [0, 0.05) is 18.7 Å². The van der Waals surface area contributed by atoms with Crippen molar-refractivity contribution in [3.63, 3.8) is 0 Å². The molecule has 0 bridgehead atoms. The first-order valence-electron chi connectivity index (χ1n) is 6.07. The van der Waals surface area contributed by atoms with E-state index in [1.165, 1.54) is 0 Å². The van der Waals surface area contributed by atoms with Crippen molar-refractivity contribution in [1.82, 2.24) is 10.6 Å². The van der Waals surface area contributed by atoms with Crippen LogP contribution in [-0.2, 0) is 0 Å². The Morgan fingerprint density at radius 1 is 1.35 bits per heavy atom. The average molecular weight is 301 g/mol. The van der Waals surface area contributed by atoms with Crippen molar-refractivity contribution in [2.75, 3.05) is 33.9 Å². The molecule has 0 aromatic heterocycles. The van der Waals surface area contributed by atoms with E-state index in [9.17, 15) is 4.79 Å². The molecular formula is C14H21ClN2O3. The van der Waals surface area contributed by atoms with E-state index in [0.29, 0.717) is 30.2 Å². The molecule has 0 atom stereocenters. The van der Waals surface area contributed by atoms with Gasteiger partial charge in [-0.2, -0.15) is 0 Å². The molecule has 2 N–H and O–H groups in total. The molecule has 0 heterocycles. The normalized spacial score (nSPS) is 9.30. The molecule has 1 rings (SSSR count). The topological polar surface area (TPSA) is 59.6 Å². The van der Waals surface area contributed by atoms with Gasteiger partial charge in [0.05, 0.1) is 7.11 Å². The number of methoxy groups -OCH3 is 1. The average Bonchev–Trinajstić information content (AvgIpc) is 2.45. The SMILES string of the molecule is C=CCOc1ccc(C(=O)NCCNC)cc1OC.Cl. The number of hydrogen-bond donors (Lipinski definition) is 2. The van der Waals surface area contributed by atoms with E-state index < -0.39 is 0 Å². The third-order valence-corrected chi connectivity index (χ3v) is 2.44. The van der Waals surface area contributed by atoms with Gasteiger partial charge in [0.25, 0.3) is 5.91 Å². The minimum Gasteiger partial charge on any atom is -0.493 e. The molecule has 5 nitrogen and oxygen atoms in total. The smallest absolute Gasteiger partial charge is 0.251 e. The van der Waals surface area contributed by atoms with Crippen molar-refractivity contribution in [2.24, 2.45) is 0 Å². The standard InChI is InChI=1S/C14H20N2O3.ClH/c1-4-9-19-12-6-5-11(10-13(12)18-3)14(17)16-8-7-15-2;/h4-6,10,15H,1,7-9H2,2-3H3,(H,16,17);1H. The molecule has 1 amide bonds. The van der Waals surface area contributed by atoms with Gasteiger partial charge in [-0.3, -0.25) is 4.79 Å². The molecule has 0 radical (unpaired) electrons. The molecule has 0 aliphatic rings. The lowest BCUT2D eigenvalue weighted by Gasteiger charge is -2.11. The molecule has 1 aromatic rings. The van der Waals surface area contributed by atoms with E-state index in [-0.39, 0.29) is 18.3 Å². The zero-order chi connectivity index (χ0) is 14.1. The summed E-state index contributed by atoms with van der Waals surface area (Å²) in [5.41, 5.74) is 0.541. The Labute approximate surface area is 125 Å². The first-order valence-corrected chi connectivity index (χ1v) is 6.07. The first-order chi connectivity index (χ1) is 9.22. The van der Waals surface area contributed by atoms with Crippen LogP contribution < -0.4 is 20.1 Å². The monoisotopic (exact) mass is 300 g/mol. The van der Waals surface area contributed by atoms with Gasteiger partial charge in [-0.25, -0.2) is 0 Å². The van der Waals surface area contributed by atoms with Crippen LogP contribution in [0.2, 0.25) is 0 Å². The number of amides is 1. The Bertz CT molecular complexity index is 438. The molecule has 0 unspecified atom stereocenters. The predicted octanol–water partition coefficient (Wildman–Crippen LogP) is 1.63. The largest absolute Gasteiger partial charge is 0.493 e. The van der Waals surface area contributed by atoms with Gasteiger partial charge in [-0.1, -0.05) is 12.7 Å². The van der Waals surface area contributed by atoms with Crippen molar-refractivity contribution in [1.29, 1.82) is 0 Å². The van der Waals surface area contributed by atoms with E-state index in [0.717, 1.165) is 6.54 Å². The van der Waals surface area contributed by atoms with E-state index >= 15 is 0 Å². The van der Waals surface area contributed by atoms with Gasteiger partial charge in [0.15, 0.2) is 11.5 Å². The molecule has 0 spiro atoms. The van der Waals surface area contributed by atoms with Crippen LogP contribution in [0.5, 0.6) is 11.5 Å². The first kappa shape index (κ1) is 18.3. The Morgan fingerprint density at radius 3 is 2.70 bits per heavy atom. The van der Waals surface area contributed by atoms with Gasteiger partial charge in [-0.05, 0) is 25.2 Å². The minimum absolute atomic E-state index is 0. The summed E-state index contributed by atoms with van der Waals surface area (Å²) in [6.45, 7) is 5.28. The van der Waals surface area contributed by atoms with Crippen LogP contribution in [0.3, 0.4) is 0 Å². The van der Waals surface area contributed by atoms with Crippen molar-refractivity contribution in [3.8, 4) is 11.5 Å². The Morgan fingerprint density at radius 2 is 2.10 bits per heavy atom. The highest BCUT2D eigenvalue weighted by molar-refractivity contribution is 5.94. The molecule has 0 aliphatic carbocycles. The van der Waals surface area contributed by atoms with Gasteiger partial charge < -0.3 is 20.1 Å². The van der Waals surface area contributed by atoms with Crippen LogP contribution >= 0.6 is 12.4 Å². The summed E-state index contributed by atoms with van der Waals surface area (Å²) in [6, 6.07) is 5.08. The van der Waals surface area contributed by atoms with Crippen LogP contribution in [0.1, 0.15) is 10.4 Å². The molecule has 0 fully saturated rings. The van der Waals surface area contributed by atoms with Crippen molar-refractivity contribution >= 4 is 18.3 Å². The number of hydrogen-bond acceptors (Lipinski definition) is 4. The summed E-state index contributed by atoms with van der Waals surface area (Å²) in [4.78, 5) is 11.9. The summed E-state index contributed by atoms with van der Waals surface area (Å²) in [5, 5.41) is 5.76. The molecule has 6 heteroatoms. The summed E-state index contributed by atoms with van der Waals surface area (Å²) in [7, 11) is 3.37. The highest BCUT2D eigenvalue weighted by Gasteiger charge is 2.10. The van der Waals surface area contributed by atoms with Crippen molar-refractivity contribution in [2.45, 2.75) is 0 Å². The molecule has 1 aromatic carbocycles. The lowest BCUT2D eigenvalue weighted by molar-refractivity contribution is 0.0953. The maximum Gasteiger partial charge on any atom is 0.251 e. The highest BCUT2D eigenvalue weighted by atomic mass is 35.5. The molecular weight excluding hydrogens is 280 g/mol. The maximum atomic E-state index is 11.9. The second kappa shape index (κ2) is 10.1. The zero-order valence-corrected chi connectivity index (χ0v) is 12.6. The lowest BCUT2D eigenvalue weighted by atomic mass is 10.2. The fraction of sp³-hybridized carbons (Fsp3) is 0.357. The number of halogens is 1. The number of carbonyl (C=O) groups excluding carboxylic acids is 1. The van der Waals surface area contributed by atoms with Crippen LogP contribution in [0.15, 0.2) is 30.9 Å². The molecule has 0 aliphatic heterocycles. The quantitative estimate of drug-likeness (QED) is 0.566. The third kappa shape index (κ3) is 5.50. The number of benzene rings is 1. The summed E-state index contributed by atoms with van der Waals surface area (Å²) >= 11 is 0. The number of carbonyl (C=O) groups is 1. The summed E-state index contributed by atoms with van der Waals surface area (Å²) in [6.07, 6.45) is 1.65. The van der Waals surface area contributed by atoms with E-state index in [4.69, 9.17) is 9.47 Å². The van der Waals surface area contributed by atoms with Crippen LogP contribution in [0, 0.1) is 0 Å². The Balaban J connectivity index is 0.00000361. The lowest BCUT2D eigenvalue weighted by Crippen LogP contribution is -2.30. The number of likely N-dealkylation sites (N-methyl/N-ethyl adjacent to an activating group) is 1. The van der Waals surface area contributed by atoms with Gasteiger partial charge >= 0.3 is 0 Å². The highest BCUT2D eigenvalue weighted by Crippen LogP contribution is 2.27.